The summed E-state index contributed by atoms with van der Waals surface area (Å²) in [6.07, 6.45) is 6.85. The van der Waals surface area contributed by atoms with Gasteiger partial charge in [0, 0.05) is 12.4 Å². The molecule has 4 heterocycles. The van der Waals surface area contributed by atoms with Crippen molar-refractivity contribution in [3.8, 4) is 0 Å². The van der Waals surface area contributed by atoms with Crippen molar-refractivity contribution < 1.29 is 19.1 Å². The third-order valence-electron chi connectivity index (χ3n) is 5.68. The molecule has 0 spiro atoms. The van der Waals surface area contributed by atoms with Crippen molar-refractivity contribution in [2.75, 3.05) is 0 Å². The number of carbonyl (C=O) groups excluding carboxylic acids is 2. The molecule has 36 heavy (non-hydrogen) atoms. The minimum absolute atomic E-state index is 0.0842. The number of carbonyl (C=O) groups is 2. The molecule has 0 fully saturated rings. The predicted molar refractivity (Wildman–Crippen MR) is 125 cm³/mol. The van der Waals surface area contributed by atoms with Gasteiger partial charge in [-0.25, -0.2) is 28.6 Å². The number of fused-ring (bicyclic) bond motifs is 2. The summed E-state index contributed by atoms with van der Waals surface area (Å²) in [5.41, 5.74) is 3.65. The van der Waals surface area contributed by atoms with E-state index >= 15 is 0 Å². The first-order valence-electron chi connectivity index (χ1n) is 11.4. The van der Waals surface area contributed by atoms with Crippen LogP contribution in [0.3, 0.4) is 0 Å². The van der Waals surface area contributed by atoms with Gasteiger partial charge in [0.25, 0.3) is 11.6 Å². The minimum atomic E-state index is -0.487. The zero-order valence-electron chi connectivity index (χ0n) is 19.7. The largest absolute Gasteiger partial charge is 0.457 e. The normalized spacial score (nSPS) is 11.2. The molecule has 12 nitrogen and oxygen atoms in total. The van der Waals surface area contributed by atoms with Crippen LogP contribution in [0.15, 0.2) is 49.3 Å². The SMILES string of the molecule is CCc1c(C(=O)OCc2ccc(COC(=O)c3cnc4ncnn4c3CC)cc2)cnc2ncnn12. The van der Waals surface area contributed by atoms with E-state index in [0.717, 1.165) is 11.1 Å². The summed E-state index contributed by atoms with van der Waals surface area (Å²) in [5.74, 6) is -0.111. The standard InChI is InChI=1S/C24H22N8O4/c1-3-19-17(9-25-23-27-13-29-31(19)23)21(33)35-11-15-5-7-16(8-6-15)12-36-22(34)18-10-26-24-28-14-30-32(24)20(18)4-2/h5-10,13-14H,3-4,11-12H2,1-2H3. The Kier molecular flexibility index (Phi) is 6.31. The molecule has 0 radical (unpaired) electrons. The van der Waals surface area contributed by atoms with Gasteiger partial charge in [-0.2, -0.15) is 20.2 Å². The number of nitrogens with zero attached hydrogens (tertiary/aromatic N) is 8. The van der Waals surface area contributed by atoms with Crippen molar-refractivity contribution >= 4 is 23.5 Å². The average molecular weight is 486 g/mol. The molecule has 0 atom stereocenters. The highest BCUT2D eigenvalue weighted by Crippen LogP contribution is 2.15. The van der Waals surface area contributed by atoms with Crippen molar-refractivity contribution in [3.05, 3.63) is 83.0 Å². The molecule has 0 aliphatic heterocycles. The topological polar surface area (TPSA) is 139 Å². The number of ether oxygens (including phenoxy) is 2. The summed E-state index contributed by atoms with van der Waals surface area (Å²) in [6, 6.07) is 7.26. The van der Waals surface area contributed by atoms with Crippen LogP contribution < -0.4 is 0 Å². The maximum Gasteiger partial charge on any atom is 0.341 e. The number of hydrogen-bond donors (Lipinski definition) is 0. The Morgan fingerprint density at radius 1 is 0.694 bits per heavy atom. The Morgan fingerprint density at radius 2 is 1.11 bits per heavy atom. The second-order valence-electron chi connectivity index (χ2n) is 7.86. The lowest BCUT2D eigenvalue weighted by atomic mass is 10.1. The number of hydrogen-bond acceptors (Lipinski definition) is 10. The Labute approximate surface area is 205 Å². The second-order valence-corrected chi connectivity index (χ2v) is 7.86. The van der Waals surface area contributed by atoms with Crippen LogP contribution in [0.1, 0.15) is 57.1 Å². The molecule has 0 saturated carbocycles. The van der Waals surface area contributed by atoms with Gasteiger partial charge < -0.3 is 9.47 Å². The maximum absolute atomic E-state index is 12.7. The molecular weight excluding hydrogens is 464 g/mol. The summed E-state index contributed by atoms with van der Waals surface area (Å²) in [5, 5.41) is 8.24. The van der Waals surface area contributed by atoms with Gasteiger partial charge in [-0.05, 0) is 24.0 Å². The van der Waals surface area contributed by atoms with E-state index in [0.29, 0.717) is 46.9 Å². The molecule has 0 unspecified atom stereocenters. The van der Waals surface area contributed by atoms with Crippen LogP contribution in [0, 0.1) is 0 Å². The van der Waals surface area contributed by atoms with Crippen molar-refractivity contribution in [2.24, 2.45) is 0 Å². The quantitative estimate of drug-likeness (QED) is 0.300. The smallest absolute Gasteiger partial charge is 0.341 e. The molecule has 4 aromatic heterocycles. The molecule has 182 valence electrons. The van der Waals surface area contributed by atoms with E-state index < -0.39 is 11.9 Å². The van der Waals surface area contributed by atoms with Gasteiger partial charge in [-0.15, -0.1) is 0 Å². The van der Waals surface area contributed by atoms with Crippen LogP contribution in [0.2, 0.25) is 0 Å². The number of rotatable bonds is 8. The molecule has 0 N–H and O–H groups in total. The molecule has 0 aliphatic carbocycles. The van der Waals surface area contributed by atoms with Crippen LogP contribution in [-0.2, 0) is 35.5 Å². The lowest BCUT2D eigenvalue weighted by molar-refractivity contribution is 0.0457. The molecule has 0 saturated heterocycles. The van der Waals surface area contributed by atoms with Crippen LogP contribution in [0.5, 0.6) is 0 Å². The lowest BCUT2D eigenvalue weighted by Crippen LogP contribution is -2.13. The Balaban J connectivity index is 1.20. The highest BCUT2D eigenvalue weighted by molar-refractivity contribution is 5.91. The molecule has 0 aliphatic rings. The van der Waals surface area contributed by atoms with Crippen LogP contribution >= 0.6 is 0 Å². The molecule has 5 aromatic rings. The molecule has 0 amide bonds. The first kappa shape index (κ1) is 23.0. The van der Waals surface area contributed by atoms with Gasteiger partial charge in [0.1, 0.15) is 25.9 Å². The van der Waals surface area contributed by atoms with Crippen molar-refractivity contribution in [1.82, 2.24) is 39.2 Å². The number of aromatic nitrogens is 8. The van der Waals surface area contributed by atoms with E-state index in [-0.39, 0.29) is 13.2 Å². The minimum Gasteiger partial charge on any atom is -0.457 e. The van der Waals surface area contributed by atoms with E-state index in [2.05, 4.69) is 30.1 Å². The fraction of sp³-hybridized carbons (Fsp3) is 0.250. The Morgan fingerprint density at radius 3 is 1.50 bits per heavy atom. The summed E-state index contributed by atoms with van der Waals surface area (Å²) < 4.78 is 14.0. The van der Waals surface area contributed by atoms with Crippen molar-refractivity contribution in [3.63, 3.8) is 0 Å². The first-order chi connectivity index (χ1) is 17.6. The van der Waals surface area contributed by atoms with E-state index in [1.165, 1.54) is 34.1 Å². The molecule has 1 aromatic carbocycles. The summed E-state index contributed by atoms with van der Waals surface area (Å²) in [6.45, 7) is 4.01. The van der Waals surface area contributed by atoms with E-state index in [4.69, 9.17) is 9.47 Å². The van der Waals surface area contributed by atoms with E-state index in [9.17, 15) is 9.59 Å². The zero-order chi connectivity index (χ0) is 25.1. The Hall–Kier alpha value is -4.74. The number of aryl methyl sites for hydroxylation is 2. The fourth-order valence-corrected chi connectivity index (χ4v) is 3.86. The molecular formula is C24H22N8O4. The van der Waals surface area contributed by atoms with Crippen molar-refractivity contribution in [2.45, 2.75) is 39.9 Å². The monoisotopic (exact) mass is 486 g/mol. The number of esters is 2. The van der Waals surface area contributed by atoms with Gasteiger partial charge in [-0.3, -0.25) is 0 Å². The predicted octanol–water partition coefficient (Wildman–Crippen LogP) is 2.40. The zero-order valence-corrected chi connectivity index (χ0v) is 19.7. The third kappa shape index (κ3) is 4.35. The van der Waals surface area contributed by atoms with Gasteiger partial charge in [0.15, 0.2) is 0 Å². The molecule has 0 bridgehead atoms. The van der Waals surface area contributed by atoms with E-state index in [1.807, 2.05) is 38.1 Å². The highest BCUT2D eigenvalue weighted by atomic mass is 16.5. The van der Waals surface area contributed by atoms with Crippen LogP contribution in [-0.4, -0.2) is 51.1 Å². The lowest BCUT2D eigenvalue weighted by Gasteiger charge is -2.10. The molecule has 5 rings (SSSR count). The van der Waals surface area contributed by atoms with Gasteiger partial charge in [0.05, 0.1) is 22.5 Å². The van der Waals surface area contributed by atoms with E-state index in [1.54, 1.807) is 0 Å². The van der Waals surface area contributed by atoms with Crippen LogP contribution in [0.4, 0.5) is 0 Å². The van der Waals surface area contributed by atoms with Gasteiger partial charge >= 0.3 is 11.9 Å². The summed E-state index contributed by atoms with van der Waals surface area (Å²) in [7, 11) is 0. The van der Waals surface area contributed by atoms with Crippen molar-refractivity contribution in [1.29, 1.82) is 0 Å². The third-order valence-corrected chi connectivity index (χ3v) is 5.68. The summed E-state index contributed by atoms with van der Waals surface area (Å²) >= 11 is 0. The van der Waals surface area contributed by atoms with Crippen LogP contribution in [0.25, 0.3) is 11.6 Å². The second kappa shape index (κ2) is 9.86. The van der Waals surface area contributed by atoms with Gasteiger partial charge in [-0.1, -0.05) is 38.1 Å². The Bertz CT molecular complexity index is 1440. The maximum atomic E-state index is 12.7. The summed E-state index contributed by atoms with van der Waals surface area (Å²) in [4.78, 5) is 41.7. The first-order valence-corrected chi connectivity index (χ1v) is 11.4. The molecule has 12 heteroatoms. The average Bonchev–Trinajstić information content (AvgIpc) is 3.59. The fourth-order valence-electron chi connectivity index (χ4n) is 3.86. The highest BCUT2D eigenvalue weighted by Gasteiger charge is 2.18. The number of benzene rings is 1. The van der Waals surface area contributed by atoms with Gasteiger partial charge in [0.2, 0.25) is 0 Å².